The molecule has 0 unspecified atom stereocenters. The number of carboxylic acid groups (broad SMARTS) is 1. The molecule has 6 heteroatoms. The number of hydrogen-bond acceptors (Lipinski definition) is 2. The van der Waals surface area contributed by atoms with Crippen LogP contribution in [0.4, 0.5) is 8.78 Å². The lowest BCUT2D eigenvalue weighted by Crippen LogP contribution is -2.41. The fourth-order valence-electron chi connectivity index (χ4n) is 1.65. The first kappa shape index (κ1) is 15.1. The van der Waals surface area contributed by atoms with Crippen LogP contribution in [0.2, 0.25) is 0 Å². The Bertz CT molecular complexity index is 489. The lowest BCUT2D eigenvalue weighted by atomic mass is 10.1. The van der Waals surface area contributed by atoms with Crippen molar-refractivity contribution in [3.63, 3.8) is 0 Å². The van der Waals surface area contributed by atoms with Gasteiger partial charge in [-0.25, -0.2) is 8.78 Å². The number of aliphatic carboxylic acids is 1. The van der Waals surface area contributed by atoms with Crippen molar-refractivity contribution in [2.45, 2.75) is 26.3 Å². The Morgan fingerprint density at radius 1 is 1.32 bits per heavy atom. The van der Waals surface area contributed by atoms with Crippen LogP contribution in [0.25, 0.3) is 0 Å². The van der Waals surface area contributed by atoms with Gasteiger partial charge in [-0.3, -0.25) is 9.59 Å². The van der Waals surface area contributed by atoms with Gasteiger partial charge in [0.2, 0.25) is 5.91 Å². The highest BCUT2D eigenvalue weighted by molar-refractivity contribution is 5.83. The lowest BCUT2D eigenvalue weighted by molar-refractivity contribution is -0.145. The van der Waals surface area contributed by atoms with Crippen LogP contribution >= 0.6 is 0 Å². The Hall–Kier alpha value is -1.98. The summed E-state index contributed by atoms with van der Waals surface area (Å²) in [5.74, 6) is -3.81. The van der Waals surface area contributed by atoms with Gasteiger partial charge in [-0.15, -0.1) is 0 Å². The Morgan fingerprint density at radius 3 is 2.47 bits per heavy atom. The fourth-order valence-corrected chi connectivity index (χ4v) is 1.65. The van der Waals surface area contributed by atoms with E-state index >= 15 is 0 Å². The minimum atomic E-state index is -1.15. The molecule has 0 fully saturated rings. The maximum absolute atomic E-state index is 13.4. The summed E-state index contributed by atoms with van der Waals surface area (Å²) >= 11 is 0. The van der Waals surface area contributed by atoms with E-state index < -0.39 is 30.1 Å². The highest BCUT2D eigenvalue weighted by Crippen LogP contribution is 2.13. The molecule has 0 aliphatic rings. The van der Waals surface area contributed by atoms with E-state index in [9.17, 15) is 18.4 Å². The Kier molecular flexibility index (Phi) is 4.97. The summed E-state index contributed by atoms with van der Waals surface area (Å²) in [6.45, 7) is 2.85. The third kappa shape index (κ3) is 4.01. The zero-order valence-electron chi connectivity index (χ0n) is 10.7. The van der Waals surface area contributed by atoms with E-state index in [-0.39, 0.29) is 18.0 Å². The van der Waals surface area contributed by atoms with E-state index in [0.717, 1.165) is 11.0 Å². The quantitative estimate of drug-likeness (QED) is 0.888. The van der Waals surface area contributed by atoms with Gasteiger partial charge in [0.15, 0.2) is 11.6 Å². The summed E-state index contributed by atoms with van der Waals surface area (Å²) in [4.78, 5) is 23.7. The first-order valence-corrected chi connectivity index (χ1v) is 5.77. The average molecular weight is 271 g/mol. The Morgan fingerprint density at radius 2 is 1.95 bits per heavy atom. The third-order valence-electron chi connectivity index (χ3n) is 2.62. The molecule has 104 valence electrons. The van der Waals surface area contributed by atoms with Gasteiger partial charge in [0.1, 0.15) is 6.54 Å². The second kappa shape index (κ2) is 6.26. The molecule has 1 N–H and O–H groups in total. The normalized spacial score (nSPS) is 10.6. The second-order valence-corrected chi connectivity index (χ2v) is 4.40. The van der Waals surface area contributed by atoms with Crippen LogP contribution in [0.5, 0.6) is 0 Å². The van der Waals surface area contributed by atoms with E-state index in [2.05, 4.69) is 0 Å². The summed E-state index contributed by atoms with van der Waals surface area (Å²) in [6, 6.07) is 3.23. The van der Waals surface area contributed by atoms with Gasteiger partial charge in [0.25, 0.3) is 0 Å². The number of carboxylic acids is 1. The average Bonchev–Trinajstić information content (AvgIpc) is 2.31. The monoisotopic (exact) mass is 271 g/mol. The summed E-state index contributed by atoms with van der Waals surface area (Å²) in [6.07, 6.45) is -0.366. The maximum Gasteiger partial charge on any atom is 0.323 e. The van der Waals surface area contributed by atoms with E-state index in [1.54, 1.807) is 13.8 Å². The highest BCUT2D eigenvalue weighted by Gasteiger charge is 2.21. The zero-order valence-corrected chi connectivity index (χ0v) is 10.7. The summed E-state index contributed by atoms with van der Waals surface area (Å²) in [5.41, 5.74) is -0.0824. The van der Waals surface area contributed by atoms with E-state index in [0.29, 0.717) is 0 Å². The van der Waals surface area contributed by atoms with Gasteiger partial charge < -0.3 is 10.0 Å². The molecule has 1 amide bonds. The highest BCUT2D eigenvalue weighted by atomic mass is 19.2. The molecule has 1 rings (SSSR count). The van der Waals surface area contributed by atoms with Gasteiger partial charge in [-0.1, -0.05) is 12.1 Å². The molecule has 0 radical (unpaired) electrons. The molecule has 1 aromatic carbocycles. The minimum absolute atomic E-state index is 0.0824. The first-order valence-electron chi connectivity index (χ1n) is 5.77. The van der Waals surface area contributed by atoms with Gasteiger partial charge in [-0.05, 0) is 19.9 Å². The SMILES string of the molecule is CC(C)N(CC(=O)O)C(=O)Cc1cccc(F)c1F. The largest absolute Gasteiger partial charge is 0.480 e. The molecular weight excluding hydrogens is 256 g/mol. The molecule has 0 saturated heterocycles. The van der Waals surface area contributed by atoms with Gasteiger partial charge in [0, 0.05) is 11.6 Å². The first-order chi connectivity index (χ1) is 8.82. The predicted octanol–water partition coefficient (Wildman–Crippen LogP) is 1.83. The van der Waals surface area contributed by atoms with Crippen LogP contribution in [0.15, 0.2) is 18.2 Å². The molecule has 1 aromatic rings. The van der Waals surface area contributed by atoms with E-state index in [1.807, 2.05) is 0 Å². The van der Waals surface area contributed by atoms with Crippen LogP contribution in [0, 0.1) is 11.6 Å². The number of nitrogens with zero attached hydrogens (tertiary/aromatic N) is 1. The number of carbonyl (C=O) groups excluding carboxylic acids is 1. The lowest BCUT2D eigenvalue weighted by Gasteiger charge is -2.25. The van der Waals surface area contributed by atoms with Crippen LogP contribution in [-0.4, -0.2) is 34.5 Å². The topological polar surface area (TPSA) is 57.6 Å². The molecule has 0 aliphatic heterocycles. The van der Waals surface area contributed by atoms with Gasteiger partial charge in [-0.2, -0.15) is 0 Å². The van der Waals surface area contributed by atoms with Crippen LogP contribution in [0.1, 0.15) is 19.4 Å². The molecule has 19 heavy (non-hydrogen) atoms. The number of amides is 1. The number of benzene rings is 1. The standard InChI is InChI=1S/C13H15F2NO3/c1-8(2)16(7-12(18)19)11(17)6-9-4-3-5-10(14)13(9)15/h3-5,8H,6-7H2,1-2H3,(H,18,19). The van der Waals surface area contributed by atoms with Crippen molar-refractivity contribution in [1.29, 1.82) is 0 Å². The van der Waals surface area contributed by atoms with Crippen molar-refractivity contribution in [2.24, 2.45) is 0 Å². The number of halogens is 2. The van der Waals surface area contributed by atoms with Crippen molar-refractivity contribution in [3.05, 3.63) is 35.4 Å². The van der Waals surface area contributed by atoms with Crippen molar-refractivity contribution in [3.8, 4) is 0 Å². The fraction of sp³-hybridized carbons (Fsp3) is 0.385. The number of carbonyl (C=O) groups is 2. The zero-order chi connectivity index (χ0) is 14.6. The Labute approximate surface area is 109 Å². The molecule has 0 spiro atoms. The predicted molar refractivity (Wildman–Crippen MR) is 64.5 cm³/mol. The Balaban J connectivity index is 2.87. The summed E-state index contributed by atoms with van der Waals surface area (Å²) in [5, 5.41) is 8.72. The molecule has 0 atom stereocenters. The smallest absolute Gasteiger partial charge is 0.323 e. The minimum Gasteiger partial charge on any atom is -0.480 e. The second-order valence-electron chi connectivity index (χ2n) is 4.40. The summed E-state index contributed by atoms with van der Waals surface area (Å²) < 4.78 is 26.4. The summed E-state index contributed by atoms with van der Waals surface area (Å²) in [7, 11) is 0. The van der Waals surface area contributed by atoms with Gasteiger partial charge >= 0.3 is 5.97 Å². The van der Waals surface area contributed by atoms with Crippen molar-refractivity contribution in [2.75, 3.05) is 6.54 Å². The number of hydrogen-bond donors (Lipinski definition) is 1. The molecule has 0 aliphatic carbocycles. The van der Waals surface area contributed by atoms with E-state index in [4.69, 9.17) is 5.11 Å². The molecular formula is C13H15F2NO3. The molecule has 0 saturated carbocycles. The maximum atomic E-state index is 13.4. The molecule has 0 bridgehead atoms. The van der Waals surface area contributed by atoms with Gasteiger partial charge in [0.05, 0.1) is 6.42 Å². The van der Waals surface area contributed by atoms with Crippen LogP contribution < -0.4 is 0 Å². The molecule has 0 aromatic heterocycles. The van der Waals surface area contributed by atoms with Crippen LogP contribution in [0.3, 0.4) is 0 Å². The molecule has 4 nitrogen and oxygen atoms in total. The van der Waals surface area contributed by atoms with Crippen LogP contribution in [-0.2, 0) is 16.0 Å². The third-order valence-corrected chi connectivity index (χ3v) is 2.62. The molecule has 0 heterocycles. The van der Waals surface area contributed by atoms with E-state index in [1.165, 1.54) is 12.1 Å². The van der Waals surface area contributed by atoms with Crippen molar-refractivity contribution >= 4 is 11.9 Å². The number of rotatable bonds is 5. The van der Waals surface area contributed by atoms with Crippen molar-refractivity contribution < 1.29 is 23.5 Å². The van der Waals surface area contributed by atoms with Crippen molar-refractivity contribution in [1.82, 2.24) is 4.90 Å².